The van der Waals surface area contributed by atoms with E-state index < -0.39 is 0 Å². The summed E-state index contributed by atoms with van der Waals surface area (Å²) in [6, 6.07) is 10.4. The van der Waals surface area contributed by atoms with Crippen molar-refractivity contribution >= 4 is 27.4 Å². The zero-order valence-corrected chi connectivity index (χ0v) is 11.5. The summed E-state index contributed by atoms with van der Waals surface area (Å²) in [4.78, 5) is 4.35. The largest absolute Gasteiger partial charge is 0.340 e. The molecule has 0 spiro atoms. The number of benzene rings is 1. The lowest BCUT2D eigenvalue weighted by atomic mass is 9.99. The molecular weight excluding hydrogens is 290 g/mol. The predicted molar refractivity (Wildman–Crippen MR) is 77.1 cm³/mol. The highest BCUT2D eigenvalue weighted by Gasteiger charge is 2.12. The molecular formula is C14H14BrN3. The molecule has 2 aromatic rings. The summed E-state index contributed by atoms with van der Waals surface area (Å²) in [5.41, 5.74) is 3.95. The summed E-state index contributed by atoms with van der Waals surface area (Å²) in [7, 11) is 0. The van der Waals surface area contributed by atoms with Crippen LogP contribution in [0.5, 0.6) is 0 Å². The third-order valence-corrected chi connectivity index (χ3v) is 3.60. The van der Waals surface area contributed by atoms with Gasteiger partial charge in [-0.3, -0.25) is 0 Å². The molecule has 0 saturated carbocycles. The minimum Gasteiger partial charge on any atom is -0.340 e. The van der Waals surface area contributed by atoms with Gasteiger partial charge in [-0.25, -0.2) is 4.98 Å². The first-order valence-corrected chi connectivity index (χ1v) is 6.82. The molecule has 0 fully saturated rings. The van der Waals surface area contributed by atoms with Crippen molar-refractivity contribution in [3.63, 3.8) is 0 Å². The lowest BCUT2D eigenvalue weighted by Gasteiger charge is -2.20. The quantitative estimate of drug-likeness (QED) is 0.894. The van der Waals surface area contributed by atoms with E-state index in [0.717, 1.165) is 29.8 Å². The zero-order valence-electron chi connectivity index (χ0n) is 9.91. The second kappa shape index (κ2) is 5.08. The Morgan fingerprint density at radius 1 is 1.22 bits per heavy atom. The highest BCUT2D eigenvalue weighted by Crippen LogP contribution is 2.25. The molecule has 1 aliphatic heterocycles. The van der Waals surface area contributed by atoms with Crippen LogP contribution in [0.4, 0.5) is 11.5 Å². The molecule has 0 atom stereocenters. The maximum atomic E-state index is 4.35. The number of hydrogen-bond acceptors (Lipinski definition) is 3. The molecule has 3 nitrogen and oxygen atoms in total. The van der Waals surface area contributed by atoms with Gasteiger partial charge in [0, 0.05) is 22.9 Å². The average molecular weight is 304 g/mol. The highest BCUT2D eigenvalue weighted by molar-refractivity contribution is 9.10. The Labute approximate surface area is 115 Å². The fraction of sp³-hybridized carbons (Fsp3) is 0.214. The van der Waals surface area contributed by atoms with E-state index in [9.17, 15) is 0 Å². The van der Waals surface area contributed by atoms with Crippen LogP contribution in [-0.4, -0.2) is 11.5 Å². The summed E-state index contributed by atoms with van der Waals surface area (Å²) in [5, 5.41) is 6.79. The molecule has 0 saturated heterocycles. The first-order valence-electron chi connectivity index (χ1n) is 6.03. The summed E-state index contributed by atoms with van der Waals surface area (Å²) in [6.07, 6.45) is 2.87. The molecule has 0 radical (unpaired) electrons. The molecule has 18 heavy (non-hydrogen) atoms. The second-order valence-electron chi connectivity index (χ2n) is 4.36. The van der Waals surface area contributed by atoms with E-state index in [1.807, 2.05) is 12.1 Å². The van der Waals surface area contributed by atoms with Crippen LogP contribution < -0.4 is 10.6 Å². The Bertz CT molecular complexity index is 551. The van der Waals surface area contributed by atoms with Crippen LogP contribution in [-0.2, 0) is 13.0 Å². The molecule has 0 bridgehead atoms. The van der Waals surface area contributed by atoms with Crippen LogP contribution in [0.3, 0.4) is 0 Å². The zero-order chi connectivity index (χ0) is 12.4. The number of hydrogen-bond donors (Lipinski definition) is 2. The van der Waals surface area contributed by atoms with Crippen LogP contribution >= 0.6 is 15.9 Å². The number of rotatable bonds is 2. The van der Waals surface area contributed by atoms with E-state index >= 15 is 0 Å². The monoisotopic (exact) mass is 303 g/mol. The normalized spacial score (nSPS) is 14.1. The maximum absolute atomic E-state index is 4.35. The number of nitrogens with one attached hydrogen (secondary N) is 2. The van der Waals surface area contributed by atoms with Gasteiger partial charge in [0.2, 0.25) is 0 Å². The van der Waals surface area contributed by atoms with Gasteiger partial charge in [0.25, 0.3) is 0 Å². The van der Waals surface area contributed by atoms with Gasteiger partial charge >= 0.3 is 0 Å². The molecule has 92 valence electrons. The van der Waals surface area contributed by atoms with Crippen LogP contribution in [0.25, 0.3) is 0 Å². The predicted octanol–water partition coefficient (Wildman–Crippen LogP) is 3.23. The molecule has 0 aliphatic carbocycles. The Balaban J connectivity index is 1.90. The first kappa shape index (κ1) is 11.7. The fourth-order valence-corrected chi connectivity index (χ4v) is 2.47. The summed E-state index contributed by atoms with van der Waals surface area (Å²) in [6.45, 7) is 2.00. The van der Waals surface area contributed by atoms with E-state index in [4.69, 9.17) is 0 Å². The standard InChI is InChI=1S/C14H14BrN3/c15-11-4-5-14(17-9-11)18-13-3-1-2-10-8-16-7-6-12(10)13/h1-5,9,16H,6-8H2,(H,17,18). The van der Waals surface area contributed by atoms with Crippen molar-refractivity contribution in [1.82, 2.24) is 10.3 Å². The van der Waals surface area contributed by atoms with Crippen molar-refractivity contribution in [1.29, 1.82) is 0 Å². The topological polar surface area (TPSA) is 37.0 Å². The van der Waals surface area contributed by atoms with E-state index in [1.54, 1.807) is 6.20 Å². The van der Waals surface area contributed by atoms with Gasteiger partial charge in [0.05, 0.1) is 0 Å². The van der Waals surface area contributed by atoms with Gasteiger partial charge < -0.3 is 10.6 Å². The number of aromatic nitrogens is 1. The van der Waals surface area contributed by atoms with Gasteiger partial charge in [0.1, 0.15) is 5.82 Å². The van der Waals surface area contributed by atoms with E-state index in [0.29, 0.717) is 0 Å². The van der Waals surface area contributed by atoms with Crippen molar-refractivity contribution in [2.24, 2.45) is 0 Å². The van der Waals surface area contributed by atoms with Crippen molar-refractivity contribution < 1.29 is 0 Å². The molecule has 3 rings (SSSR count). The summed E-state index contributed by atoms with van der Waals surface area (Å²) >= 11 is 3.39. The van der Waals surface area contributed by atoms with Crippen LogP contribution in [0, 0.1) is 0 Å². The van der Waals surface area contributed by atoms with Crippen molar-refractivity contribution in [3.8, 4) is 0 Å². The Morgan fingerprint density at radius 2 is 2.17 bits per heavy atom. The summed E-state index contributed by atoms with van der Waals surface area (Å²) in [5.74, 6) is 0.880. The lowest BCUT2D eigenvalue weighted by Crippen LogP contribution is -2.24. The fourth-order valence-electron chi connectivity index (χ4n) is 2.24. The van der Waals surface area contributed by atoms with Gasteiger partial charge in [-0.1, -0.05) is 12.1 Å². The van der Waals surface area contributed by atoms with Gasteiger partial charge in [0.15, 0.2) is 0 Å². The molecule has 1 aliphatic rings. The molecule has 1 aromatic carbocycles. The Hall–Kier alpha value is -1.39. The van der Waals surface area contributed by atoms with Crippen molar-refractivity contribution in [3.05, 3.63) is 52.1 Å². The molecule has 0 amide bonds. The lowest BCUT2D eigenvalue weighted by molar-refractivity contribution is 0.645. The van der Waals surface area contributed by atoms with Crippen molar-refractivity contribution in [2.75, 3.05) is 11.9 Å². The number of fused-ring (bicyclic) bond motifs is 1. The summed E-state index contributed by atoms with van der Waals surface area (Å²) < 4.78 is 0.993. The first-order chi connectivity index (χ1) is 8.83. The molecule has 1 aromatic heterocycles. The average Bonchev–Trinajstić information content (AvgIpc) is 2.42. The molecule has 0 unspecified atom stereocenters. The molecule has 2 N–H and O–H groups in total. The minimum atomic E-state index is 0.880. The smallest absolute Gasteiger partial charge is 0.130 e. The van der Waals surface area contributed by atoms with E-state index in [-0.39, 0.29) is 0 Å². The maximum Gasteiger partial charge on any atom is 0.130 e. The third-order valence-electron chi connectivity index (χ3n) is 3.13. The SMILES string of the molecule is Brc1ccc(Nc2cccc3c2CCNC3)nc1. The second-order valence-corrected chi connectivity index (χ2v) is 5.27. The van der Waals surface area contributed by atoms with Crippen molar-refractivity contribution in [2.45, 2.75) is 13.0 Å². The third kappa shape index (κ3) is 2.40. The van der Waals surface area contributed by atoms with Crippen LogP contribution in [0.15, 0.2) is 41.0 Å². The van der Waals surface area contributed by atoms with Gasteiger partial charge in [-0.05, 0) is 58.2 Å². The van der Waals surface area contributed by atoms with E-state index in [1.165, 1.54) is 16.8 Å². The number of halogens is 1. The van der Waals surface area contributed by atoms with Crippen LogP contribution in [0.2, 0.25) is 0 Å². The van der Waals surface area contributed by atoms with Gasteiger partial charge in [-0.15, -0.1) is 0 Å². The molecule has 4 heteroatoms. The number of nitrogens with zero attached hydrogens (tertiary/aromatic N) is 1. The minimum absolute atomic E-state index is 0.880. The number of anilines is 2. The Kier molecular flexibility index (Phi) is 3.30. The van der Waals surface area contributed by atoms with Crippen LogP contribution in [0.1, 0.15) is 11.1 Å². The van der Waals surface area contributed by atoms with Gasteiger partial charge in [-0.2, -0.15) is 0 Å². The van der Waals surface area contributed by atoms with E-state index in [2.05, 4.69) is 49.7 Å². The Morgan fingerprint density at radius 3 is 3.00 bits per heavy atom. The molecule has 2 heterocycles. The number of pyridine rings is 1. The highest BCUT2D eigenvalue weighted by atomic mass is 79.9.